The summed E-state index contributed by atoms with van der Waals surface area (Å²) >= 11 is 0. The molecule has 1 aliphatic carbocycles. The van der Waals surface area contributed by atoms with E-state index in [1.165, 1.54) is 19.1 Å². The van der Waals surface area contributed by atoms with Crippen molar-refractivity contribution in [1.29, 1.82) is 0 Å². The van der Waals surface area contributed by atoms with Crippen molar-refractivity contribution in [3.8, 4) is 0 Å². The molecule has 0 atom stereocenters. The van der Waals surface area contributed by atoms with Gasteiger partial charge in [0.1, 0.15) is 6.29 Å². The minimum atomic E-state index is 0.0295. The van der Waals surface area contributed by atoms with Crippen LogP contribution in [0.15, 0.2) is 0 Å². The van der Waals surface area contributed by atoms with Crippen LogP contribution >= 0.6 is 0 Å². The summed E-state index contributed by atoms with van der Waals surface area (Å²) in [6.07, 6.45) is 6.91. The van der Waals surface area contributed by atoms with Crippen LogP contribution in [0, 0.1) is 16.7 Å². The van der Waals surface area contributed by atoms with Gasteiger partial charge < -0.3 is 4.79 Å². The zero-order valence-corrected chi connectivity index (χ0v) is 10.1. The largest absolute Gasteiger partial charge is 0.303 e. The lowest BCUT2D eigenvalue weighted by Gasteiger charge is -2.41. The van der Waals surface area contributed by atoms with E-state index in [4.69, 9.17) is 0 Å². The van der Waals surface area contributed by atoms with E-state index in [0.29, 0.717) is 5.41 Å². The lowest BCUT2D eigenvalue weighted by molar-refractivity contribution is -0.119. The Morgan fingerprint density at radius 2 is 1.79 bits per heavy atom. The molecular formula is C13H24O. The highest BCUT2D eigenvalue weighted by molar-refractivity contribution is 5.59. The first-order valence-electron chi connectivity index (χ1n) is 5.90. The van der Waals surface area contributed by atoms with Crippen molar-refractivity contribution in [3.05, 3.63) is 0 Å². The van der Waals surface area contributed by atoms with Crippen LogP contribution in [-0.2, 0) is 4.79 Å². The fourth-order valence-corrected chi connectivity index (χ4v) is 2.61. The summed E-state index contributed by atoms with van der Waals surface area (Å²) in [4.78, 5) is 11.1. The summed E-state index contributed by atoms with van der Waals surface area (Å²) in [6, 6.07) is 0. The second kappa shape index (κ2) is 4.04. The van der Waals surface area contributed by atoms with E-state index in [1.807, 2.05) is 0 Å². The number of hydrogen-bond donors (Lipinski definition) is 0. The van der Waals surface area contributed by atoms with Crippen LogP contribution in [0.5, 0.6) is 0 Å². The predicted octanol–water partition coefficient (Wildman–Crippen LogP) is 3.82. The quantitative estimate of drug-likeness (QED) is 0.614. The van der Waals surface area contributed by atoms with Gasteiger partial charge in [-0.3, -0.25) is 0 Å². The molecule has 0 spiro atoms. The van der Waals surface area contributed by atoms with Crippen molar-refractivity contribution in [2.45, 2.75) is 59.8 Å². The summed E-state index contributed by atoms with van der Waals surface area (Å²) < 4.78 is 0. The van der Waals surface area contributed by atoms with Gasteiger partial charge in [-0.25, -0.2) is 0 Å². The van der Waals surface area contributed by atoms with Gasteiger partial charge in [0.2, 0.25) is 0 Å². The maximum absolute atomic E-state index is 11.1. The Bertz CT molecular complexity index is 192. The van der Waals surface area contributed by atoms with Crippen LogP contribution in [0.25, 0.3) is 0 Å². The molecular weight excluding hydrogens is 172 g/mol. The first-order valence-corrected chi connectivity index (χ1v) is 5.90. The Hall–Kier alpha value is -0.330. The minimum Gasteiger partial charge on any atom is -0.303 e. The third-order valence-corrected chi connectivity index (χ3v) is 4.16. The number of hydrogen-bond acceptors (Lipinski definition) is 1. The Labute approximate surface area is 88.3 Å². The molecule has 0 unspecified atom stereocenters. The van der Waals surface area contributed by atoms with Crippen molar-refractivity contribution >= 4 is 6.29 Å². The van der Waals surface area contributed by atoms with E-state index >= 15 is 0 Å². The van der Waals surface area contributed by atoms with E-state index < -0.39 is 0 Å². The van der Waals surface area contributed by atoms with Gasteiger partial charge in [-0.2, -0.15) is 0 Å². The molecule has 14 heavy (non-hydrogen) atoms. The van der Waals surface area contributed by atoms with E-state index in [9.17, 15) is 4.79 Å². The fourth-order valence-electron chi connectivity index (χ4n) is 2.61. The van der Waals surface area contributed by atoms with Crippen molar-refractivity contribution in [2.24, 2.45) is 16.7 Å². The van der Waals surface area contributed by atoms with Crippen molar-refractivity contribution in [2.75, 3.05) is 0 Å². The molecule has 0 aromatic rings. The molecule has 0 N–H and O–H groups in total. The minimum absolute atomic E-state index is 0.0295. The third kappa shape index (κ3) is 2.37. The molecule has 1 saturated carbocycles. The molecule has 0 amide bonds. The van der Waals surface area contributed by atoms with Gasteiger partial charge in [0.05, 0.1) is 0 Å². The van der Waals surface area contributed by atoms with Crippen LogP contribution < -0.4 is 0 Å². The Morgan fingerprint density at radius 1 is 1.29 bits per heavy atom. The second-order valence-electron chi connectivity index (χ2n) is 5.97. The van der Waals surface area contributed by atoms with Gasteiger partial charge in [0.15, 0.2) is 0 Å². The lowest BCUT2D eigenvalue weighted by Crippen LogP contribution is -2.33. The number of carbonyl (C=O) groups is 1. The Morgan fingerprint density at radius 3 is 2.07 bits per heavy atom. The number of carbonyl (C=O) groups excluding carboxylic acids is 1. The zero-order valence-electron chi connectivity index (χ0n) is 10.1. The van der Waals surface area contributed by atoms with Gasteiger partial charge >= 0.3 is 0 Å². The van der Waals surface area contributed by atoms with E-state index in [1.54, 1.807) is 0 Å². The molecule has 0 aromatic heterocycles. The van der Waals surface area contributed by atoms with Crippen molar-refractivity contribution in [3.63, 3.8) is 0 Å². The summed E-state index contributed by atoms with van der Waals surface area (Å²) in [5.74, 6) is 0.808. The van der Waals surface area contributed by atoms with E-state index in [0.717, 1.165) is 25.2 Å². The number of rotatable bonds is 2. The van der Waals surface area contributed by atoms with Gasteiger partial charge in [-0.1, -0.05) is 27.7 Å². The van der Waals surface area contributed by atoms with Gasteiger partial charge in [0, 0.05) is 5.41 Å². The topological polar surface area (TPSA) is 17.1 Å². The predicted molar refractivity (Wildman–Crippen MR) is 60.2 cm³/mol. The molecule has 0 aromatic carbocycles. The molecule has 1 heteroatoms. The van der Waals surface area contributed by atoms with Gasteiger partial charge in [0.25, 0.3) is 0 Å². The highest BCUT2D eigenvalue weighted by Gasteiger charge is 2.37. The maximum atomic E-state index is 11.1. The average Bonchev–Trinajstić information content (AvgIpc) is 2.16. The van der Waals surface area contributed by atoms with Crippen LogP contribution in [0.2, 0.25) is 0 Å². The van der Waals surface area contributed by atoms with Crippen LogP contribution in [0.1, 0.15) is 59.8 Å². The monoisotopic (exact) mass is 196 g/mol. The summed E-state index contributed by atoms with van der Waals surface area (Å²) in [5.41, 5.74) is 0.449. The average molecular weight is 196 g/mol. The SMILES string of the molecule is CCC1(C=O)CCC(C(C)(C)C)CC1. The smallest absolute Gasteiger partial charge is 0.126 e. The Balaban J connectivity index is 2.57. The lowest BCUT2D eigenvalue weighted by atomic mass is 9.64. The first kappa shape index (κ1) is 11.7. The highest BCUT2D eigenvalue weighted by Crippen LogP contribution is 2.45. The normalized spacial score (nSPS) is 34.1. The maximum Gasteiger partial charge on any atom is 0.126 e. The van der Waals surface area contributed by atoms with Crippen molar-refractivity contribution in [1.82, 2.24) is 0 Å². The Kier molecular flexibility index (Phi) is 3.39. The molecule has 1 rings (SSSR count). The number of aldehydes is 1. The van der Waals surface area contributed by atoms with Gasteiger partial charge in [-0.15, -0.1) is 0 Å². The van der Waals surface area contributed by atoms with E-state index in [2.05, 4.69) is 27.7 Å². The van der Waals surface area contributed by atoms with Crippen LogP contribution in [-0.4, -0.2) is 6.29 Å². The summed E-state index contributed by atoms with van der Waals surface area (Å²) in [6.45, 7) is 9.10. The molecule has 0 saturated heterocycles. The third-order valence-electron chi connectivity index (χ3n) is 4.16. The second-order valence-corrected chi connectivity index (χ2v) is 5.97. The molecule has 0 bridgehead atoms. The van der Waals surface area contributed by atoms with Crippen LogP contribution in [0.3, 0.4) is 0 Å². The molecule has 0 heterocycles. The fraction of sp³-hybridized carbons (Fsp3) is 0.923. The van der Waals surface area contributed by atoms with E-state index in [-0.39, 0.29) is 5.41 Å². The molecule has 1 fully saturated rings. The van der Waals surface area contributed by atoms with Gasteiger partial charge in [-0.05, 0) is 43.4 Å². The van der Waals surface area contributed by atoms with Crippen molar-refractivity contribution < 1.29 is 4.79 Å². The summed E-state index contributed by atoms with van der Waals surface area (Å²) in [5, 5.41) is 0. The standard InChI is InChI=1S/C13H24O/c1-5-13(10-14)8-6-11(7-9-13)12(2,3)4/h10-11H,5-9H2,1-4H3. The van der Waals surface area contributed by atoms with Crippen LogP contribution in [0.4, 0.5) is 0 Å². The zero-order chi connectivity index (χ0) is 10.8. The molecule has 0 radical (unpaired) electrons. The molecule has 1 aliphatic rings. The molecule has 0 aliphatic heterocycles. The first-order chi connectivity index (χ1) is 6.43. The molecule has 1 nitrogen and oxygen atoms in total. The summed E-state index contributed by atoms with van der Waals surface area (Å²) in [7, 11) is 0. The molecule has 82 valence electrons. The highest BCUT2D eigenvalue weighted by atomic mass is 16.1.